The summed E-state index contributed by atoms with van der Waals surface area (Å²) in [5.74, 6) is -0.191. The van der Waals surface area contributed by atoms with E-state index in [1.54, 1.807) is 6.07 Å². The molecule has 3 nitrogen and oxygen atoms in total. The van der Waals surface area contributed by atoms with Crippen LogP contribution >= 0.6 is 0 Å². The van der Waals surface area contributed by atoms with E-state index in [1.165, 1.54) is 6.07 Å². The molecule has 1 N–H and O–H groups in total. The second-order valence-corrected chi connectivity index (χ2v) is 5.14. The van der Waals surface area contributed by atoms with E-state index in [0.29, 0.717) is 5.69 Å². The number of hydrogen-bond acceptors (Lipinski definition) is 3. The lowest BCUT2D eigenvalue weighted by atomic mass is 9.85. The highest BCUT2D eigenvalue weighted by Crippen LogP contribution is 2.34. The number of anilines is 1. The minimum Gasteiger partial charge on any atom is -0.381 e. The SMILES string of the molecule is N#Cc1ccc(NC2CCCCC2C#N)cc1C(F)(F)F. The van der Waals surface area contributed by atoms with Crippen molar-refractivity contribution in [3.05, 3.63) is 29.3 Å². The van der Waals surface area contributed by atoms with Crippen molar-refractivity contribution >= 4 is 5.69 Å². The molecule has 1 aromatic carbocycles. The average molecular weight is 293 g/mol. The smallest absolute Gasteiger partial charge is 0.381 e. The first-order valence-electron chi connectivity index (χ1n) is 6.73. The van der Waals surface area contributed by atoms with E-state index in [4.69, 9.17) is 10.5 Å². The molecule has 0 heterocycles. The number of rotatable bonds is 2. The van der Waals surface area contributed by atoms with Crippen molar-refractivity contribution in [2.24, 2.45) is 5.92 Å². The minimum absolute atomic E-state index is 0.141. The van der Waals surface area contributed by atoms with Gasteiger partial charge in [0.1, 0.15) is 0 Å². The fraction of sp³-hybridized carbons (Fsp3) is 0.467. The highest BCUT2D eigenvalue weighted by atomic mass is 19.4. The van der Waals surface area contributed by atoms with Gasteiger partial charge in [-0.2, -0.15) is 23.7 Å². The number of hydrogen-bond donors (Lipinski definition) is 1. The molecular weight excluding hydrogens is 279 g/mol. The van der Waals surface area contributed by atoms with Crippen LogP contribution in [0.15, 0.2) is 18.2 Å². The predicted molar refractivity (Wildman–Crippen MR) is 71.1 cm³/mol. The van der Waals surface area contributed by atoms with Gasteiger partial charge in [-0.25, -0.2) is 0 Å². The number of halogens is 3. The summed E-state index contributed by atoms with van der Waals surface area (Å²) in [6.45, 7) is 0. The van der Waals surface area contributed by atoms with Gasteiger partial charge in [0.25, 0.3) is 0 Å². The van der Waals surface area contributed by atoms with Crippen molar-refractivity contribution in [3.8, 4) is 12.1 Å². The van der Waals surface area contributed by atoms with Gasteiger partial charge in [0, 0.05) is 11.7 Å². The minimum atomic E-state index is -4.57. The first-order valence-corrected chi connectivity index (χ1v) is 6.73. The maximum absolute atomic E-state index is 12.9. The number of benzene rings is 1. The number of nitrogens with one attached hydrogen (secondary N) is 1. The van der Waals surface area contributed by atoms with Crippen LogP contribution in [0.4, 0.5) is 18.9 Å². The monoisotopic (exact) mass is 293 g/mol. The number of nitriles is 2. The first-order chi connectivity index (χ1) is 9.95. The molecule has 0 aliphatic heterocycles. The Morgan fingerprint density at radius 2 is 1.86 bits per heavy atom. The van der Waals surface area contributed by atoms with E-state index in [1.807, 2.05) is 0 Å². The Balaban J connectivity index is 2.25. The van der Waals surface area contributed by atoms with Gasteiger partial charge < -0.3 is 5.32 Å². The van der Waals surface area contributed by atoms with Gasteiger partial charge >= 0.3 is 6.18 Å². The molecule has 110 valence electrons. The van der Waals surface area contributed by atoms with Crippen LogP contribution in [0.1, 0.15) is 36.8 Å². The lowest BCUT2D eigenvalue weighted by Gasteiger charge is -2.28. The third-order valence-electron chi connectivity index (χ3n) is 3.73. The summed E-state index contributed by atoms with van der Waals surface area (Å²) in [5, 5.41) is 20.9. The molecule has 2 atom stereocenters. The van der Waals surface area contributed by atoms with Gasteiger partial charge in [0.05, 0.1) is 29.2 Å². The Morgan fingerprint density at radius 1 is 1.14 bits per heavy atom. The Labute approximate surface area is 121 Å². The summed E-state index contributed by atoms with van der Waals surface area (Å²) >= 11 is 0. The van der Waals surface area contributed by atoms with Gasteiger partial charge in [-0.1, -0.05) is 12.8 Å². The van der Waals surface area contributed by atoms with E-state index >= 15 is 0 Å². The molecule has 1 aliphatic carbocycles. The molecule has 0 radical (unpaired) electrons. The van der Waals surface area contributed by atoms with E-state index < -0.39 is 17.3 Å². The number of alkyl halides is 3. The van der Waals surface area contributed by atoms with Crippen molar-refractivity contribution in [1.29, 1.82) is 10.5 Å². The van der Waals surface area contributed by atoms with Crippen LogP contribution in [0.2, 0.25) is 0 Å². The highest BCUT2D eigenvalue weighted by molar-refractivity contribution is 5.53. The maximum Gasteiger partial charge on any atom is 0.417 e. The molecule has 1 fully saturated rings. The Bertz CT molecular complexity index is 596. The van der Waals surface area contributed by atoms with Crippen molar-refractivity contribution in [2.45, 2.75) is 37.9 Å². The Hall–Kier alpha value is -2.21. The van der Waals surface area contributed by atoms with Gasteiger partial charge in [0.15, 0.2) is 0 Å². The molecule has 1 aliphatic rings. The molecule has 0 aromatic heterocycles. The van der Waals surface area contributed by atoms with Crippen molar-refractivity contribution in [3.63, 3.8) is 0 Å². The topological polar surface area (TPSA) is 59.6 Å². The molecule has 1 aromatic rings. The quantitative estimate of drug-likeness (QED) is 0.894. The first kappa shape index (κ1) is 15.2. The second-order valence-electron chi connectivity index (χ2n) is 5.14. The molecule has 0 spiro atoms. The summed E-state index contributed by atoms with van der Waals surface area (Å²) in [5.41, 5.74) is -1.04. The summed E-state index contributed by atoms with van der Waals surface area (Å²) in [6, 6.07) is 7.18. The Kier molecular flexibility index (Phi) is 4.37. The van der Waals surface area contributed by atoms with Crippen LogP contribution in [0.3, 0.4) is 0 Å². The third-order valence-corrected chi connectivity index (χ3v) is 3.73. The molecule has 0 bridgehead atoms. The lowest BCUT2D eigenvalue weighted by Crippen LogP contribution is -2.31. The zero-order valence-electron chi connectivity index (χ0n) is 11.2. The zero-order chi connectivity index (χ0) is 15.5. The zero-order valence-corrected chi connectivity index (χ0v) is 11.2. The molecule has 1 saturated carbocycles. The standard InChI is InChI=1S/C15H14F3N3/c16-15(17,18)13-7-12(6-5-10(13)8-19)21-14-4-2-1-3-11(14)9-20/h5-7,11,14,21H,1-4H2. The summed E-state index contributed by atoms with van der Waals surface area (Å²) < 4.78 is 38.7. The highest BCUT2D eigenvalue weighted by Gasteiger charge is 2.34. The average Bonchev–Trinajstić information content (AvgIpc) is 2.47. The summed E-state index contributed by atoms with van der Waals surface area (Å²) in [7, 11) is 0. The molecule has 2 rings (SSSR count). The molecule has 0 saturated heterocycles. The molecule has 0 amide bonds. The van der Waals surface area contributed by atoms with Crippen LogP contribution < -0.4 is 5.32 Å². The molecular formula is C15H14F3N3. The van der Waals surface area contributed by atoms with E-state index in [0.717, 1.165) is 37.8 Å². The predicted octanol–water partition coefficient (Wildman–Crippen LogP) is 4.07. The van der Waals surface area contributed by atoms with Gasteiger partial charge in [-0.15, -0.1) is 0 Å². The fourth-order valence-electron chi connectivity index (χ4n) is 2.64. The van der Waals surface area contributed by atoms with Crippen LogP contribution in [0.25, 0.3) is 0 Å². The molecule has 21 heavy (non-hydrogen) atoms. The number of nitrogens with zero attached hydrogens (tertiary/aromatic N) is 2. The largest absolute Gasteiger partial charge is 0.417 e. The summed E-state index contributed by atoms with van der Waals surface area (Å²) in [4.78, 5) is 0. The van der Waals surface area contributed by atoms with Gasteiger partial charge in [0.2, 0.25) is 0 Å². The van der Waals surface area contributed by atoms with Crippen molar-refractivity contribution in [1.82, 2.24) is 0 Å². The Morgan fingerprint density at radius 3 is 2.48 bits per heavy atom. The van der Waals surface area contributed by atoms with Crippen LogP contribution in [-0.2, 0) is 6.18 Å². The lowest BCUT2D eigenvalue weighted by molar-refractivity contribution is -0.137. The van der Waals surface area contributed by atoms with E-state index in [-0.39, 0.29) is 12.0 Å². The maximum atomic E-state index is 12.9. The second kappa shape index (κ2) is 6.05. The summed E-state index contributed by atoms with van der Waals surface area (Å²) in [6.07, 6.45) is -1.12. The van der Waals surface area contributed by atoms with Crippen LogP contribution in [0.5, 0.6) is 0 Å². The van der Waals surface area contributed by atoms with E-state index in [2.05, 4.69) is 11.4 Å². The molecule has 2 unspecified atom stereocenters. The van der Waals surface area contributed by atoms with Crippen molar-refractivity contribution in [2.75, 3.05) is 5.32 Å². The molecule has 6 heteroatoms. The van der Waals surface area contributed by atoms with Gasteiger partial charge in [-0.3, -0.25) is 0 Å². The van der Waals surface area contributed by atoms with E-state index in [9.17, 15) is 13.2 Å². The van der Waals surface area contributed by atoms with Crippen LogP contribution in [0, 0.1) is 28.6 Å². The fourth-order valence-corrected chi connectivity index (χ4v) is 2.64. The third kappa shape index (κ3) is 3.46. The van der Waals surface area contributed by atoms with Crippen molar-refractivity contribution < 1.29 is 13.2 Å². The van der Waals surface area contributed by atoms with Gasteiger partial charge in [-0.05, 0) is 31.0 Å². The van der Waals surface area contributed by atoms with Crippen LogP contribution in [-0.4, -0.2) is 6.04 Å². The normalized spacial score (nSPS) is 22.1.